The van der Waals surface area contributed by atoms with E-state index >= 15 is 0 Å². The summed E-state index contributed by atoms with van der Waals surface area (Å²) in [7, 11) is 1.60. The van der Waals surface area contributed by atoms with E-state index in [1.165, 1.54) is 18.4 Å². The van der Waals surface area contributed by atoms with Crippen LogP contribution in [-0.2, 0) is 11.2 Å². The van der Waals surface area contributed by atoms with Crippen LogP contribution in [0.3, 0.4) is 0 Å². The Morgan fingerprint density at radius 1 is 0.909 bits per heavy atom. The Hall–Kier alpha value is -3.02. The van der Waals surface area contributed by atoms with Gasteiger partial charge in [-0.05, 0) is 62.3 Å². The van der Waals surface area contributed by atoms with Crippen LogP contribution in [0.5, 0.6) is 11.5 Å². The lowest BCUT2D eigenvalue weighted by Gasteiger charge is -2.35. The van der Waals surface area contributed by atoms with Gasteiger partial charge in [-0.15, -0.1) is 0 Å². The van der Waals surface area contributed by atoms with Crippen molar-refractivity contribution in [2.45, 2.75) is 51.0 Å². The van der Waals surface area contributed by atoms with Crippen molar-refractivity contribution in [3.05, 3.63) is 59.7 Å². The average molecular weight is 451 g/mol. The van der Waals surface area contributed by atoms with Crippen LogP contribution in [0.4, 0.5) is 0 Å². The summed E-state index contributed by atoms with van der Waals surface area (Å²) in [5, 5.41) is 0. The Bertz CT molecular complexity index is 932. The van der Waals surface area contributed by atoms with Crippen molar-refractivity contribution in [1.29, 1.82) is 0 Å². The van der Waals surface area contributed by atoms with Gasteiger partial charge in [-0.2, -0.15) is 0 Å². The number of ether oxygens (including phenoxy) is 2. The molecular weight excluding hydrogens is 416 g/mol. The number of benzene rings is 2. The zero-order chi connectivity index (χ0) is 23.0. The summed E-state index contributed by atoms with van der Waals surface area (Å²) in [6.45, 7) is 2.25. The van der Waals surface area contributed by atoms with E-state index < -0.39 is 0 Å². The second-order valence-electron chi connectivity index (χ2n) is 8.90. The third-order valence-electron chi connectivity index (χ3n) is 6.62. The lowest BCUT2D eigenvalue weighted by atomic mass is 10.1. The Kier molecular flexibility index (Phi) is 7.87. The van der Waals surface area contributed by atoms with Crippen LogP contribution in [0.1, 0.15) is 54.4 Å². The molecule has 1 heterocycles. The van der Waals surface area contributed by atoms with Gasteiger partial charge < -0.3 is 19.3 Å². The fraction of sp³-hybridized carbons (Fsp3) is 0.481. The third kappa shape index (κ3) is 6.06. The summed E-state index contributed by atoms with van der Waals surface area (Å²) in [5.74, 6) is 1.44. The largest absolute Gasteiger partial charge is 0.493 e. The predicted octanol–water partition coefficient (Wildman–Crippen LogP) is 4.32. The molecule has 2 aromatic carbocycles. The fourth-order valence-electron chi connectivity index (χ4n) is 4.67. The smallest absolute Gasteiger partial charge is 0.254 e. The third-order valence-corrected chi connectivity index (χ3v) is 6.62. The van der Waals surface area contributed by atoms with Crippen molar-refractivity contribution in [2.75, 3.05) is 33.3 Å². The molecule has 1 aliphatic carbocycles. The summed E-state index contributed by atoms with van der Waals surface area (Å²) in [4.78, 5) is 29.3. The molecule has 2 aromatic rings. The first-order valence-corrected chi connectivity index (χ1v) is 12.1. The van der Waals surface area contributed by atoms with Crippen LogP contribution in [-0.4, -0.2) is 61.0 Å². The Morgan fingerprint density at radius 2 is 1.61 bits per heavy atom. The highest BCUT2D eigenvalue weighted by molar-refractivity contribution is 5.95. The van der Waals surface area contributed by atoms with Gasteiger partial charge in [0.05, 0.1) is 13.2 Å². The first-order valence-electron chi connectivity index (χ1n) is 12.1. The monoisotopic (exact) mass is 450 g/mol. The van der Waals surface area contributed by atoms with Crippen LogP contribution >= 0.6 is 0 Å². The summed E-state index contributed by atoms with van der Waals surface area (Å²) >= 11 is 0. The van der Waals surface area contributed by atoms with Gasteiger partial charge in [-0.1, -0.05) is 30.3 Å². The van der Waals surface area contributed by atoms with E-state index in [9.17, 15) is 9.59 Å². The van der Waals surface area contributed by atoms with E-state index in [0.717, 1.165) is 25.7 Å². The molecule has 1 saturated carbocycles. The molecule has 0 spiro atoms. The molecule has 2 aliphatic rings. The van der Waals surface area contributed by atoms with Crippen LogP contribution in [0.2, 0.25) is 0 Å². The number of carbonyl (C=O) groups excluding carboxylic acids is 2. The van der Waals surface area contributed by atoms with E-state index in [1.807, 2.05) is 40.1 Å². The van der Waals surface area contributed by atoms with Crippen molar-refractivity contribution in [1.82, 2.24) is 9.80 Å². The fourth-order valence-corrected chi connectivity index (χ4v) is 4.67. The topological polar surface area (TPSA) is 59.1 Å². The van der Waals surface area contributed by atoms with E-state index in [0.29, 0.717) is 49.7 Å². The molecule has 1 aliphatic heterocycles. The predicted molar refractivity (Wildman–Crippen MR) is 128 cm³/mol. The van der Waals surface area contributed by atoms with Crippen LogP contribution in [0.15, 0.2) is 48.5 Å². The van der Waals surface area contributed by atoms with Crippen molar-refractivity contribution in [3.63, 3.8) is 0 Å². The molecule has 4 rings (SSSR count). The Balaban J connectivity index is 1.26. The summed E-state index contributed by atoms with van der Waals surface area (Å²) < 4.78 is 11.6. The number of hydrogen-bond donors (Lipinski definition) is 0. The molecule has 6 nitrogen and oxygen atoms in total. The average Bonchev–Trinajstić information content (AvgIpc) is 3.38. The minimum Gasteiger partial charge on any atom is -0.493 e. The Labute approximate surface area is 196 Å². The number of carbonyl (C=O) groups is 2. The van der Waals surface area contributed by atoms with Gasteiger partial charge >= 0.3 is 0 Å². The quantitative estimate of drug-likeness (QED) is 0.601. The van der Waals surface area contributed by atoms with Crippen LogP contribution in [0, 0.1) is 0 Å². The lowest BCUT2D eigenvalue weighted by molar-refractivity contribution is -0.132. The van der Waals surface area contributed by atoms with Crippen LogP contribution < -0.4 is 9.47 Å². The SMILES string of the molecule is COc1cc(C(=O)N2CCN(C(=O)CCCc3ccccc3)CC2)ccc1OC1CCCC1. The molecule has 33 heavy (non-hydrogen) atoms. The Morgan fingerprint density at radius 3 is 2.30 bits per heavy atom. The van der Waals surface area contributed by atoms with E-state index in [2.05, 4.69) is 12.1 Å². The standard InChI is InChI=1S/C27H34N2O4/c1-32-25-20-22(14-15-24(25)33-23-11-5-6-12-23)27(31)29-18-16-28(17-19-29)26(30)13-7-10-21-8-3-2-4-9-21/h2-4,8-9,14-15,20,23H,5-7,10-13,16-19H2,1H3. The van der Waals surface area contributed by atoms with E-state index in [1.54, 1.807) is 13.2 Å². The summed E-state index contributed by atoms with van der Waals surface area (Å²) in [6.07, 6.45) is 7.07. The molecule has 6 heteroatoms. The van der Waals surface area contributed by atoms with Crippen molar-refractivity contribution in [2.24, 2.45) is 0 Å². The molecular formula is C27H34N2O4. The second kappa shape index (κ2) is 11.2. The molecule has 2 fully saturated rings. The zero-order valence-corrected chi connectivity index (χ0v) is 19.5. The molecule has 1 saturated heterocycles. The van der Waals surface area contributed by atoms with Gasteiger partial charge in [0.15, 0.2) is 11.5 Å². The zero-order valence-electron chi connectivity index (χ0n) is 19.5. The van der Waals surface area contributed by atoms with E-state index in [4.69, 9.17) is 9.47 Å². The molecule has 0 atom stereocenters. The molecule has 0 unspecified atom stereocenters. The van der Waals surface area contributed by atoms with Gasteiger partial charge in [-0.3, -0.25) is 9.59 Å². The maximum Gasteiger partial charge on any atom is 0.254 e. The molecule has 0 N–H and O–H groups in total. The highest BCUT2D eigenvalue weighted by atomic mass is 16.5. The highest BCUT2D eigenvalue weighted by Gasteiger charge is 2.26. The van der Waals surface area contributed by atoms with Crippen molar-refractivity contribution in [3.8, 4) is 11.5 Å². The molecule has 0 radical (unpaired) electrons. The molecule has 2 amide bonds. The normalized spacial score (nSPS) is 16.6. The molecule has 0 aromatic heterocycles. The summed E-state index contributed by atoms with van der Waals surface area (Å²) in [5.41, 5.74) is 1.85. The van der Waals surface area contributed by atoms with Gasteiger partial charge in [0.25, 0.3) is 5.91 Å². The van der Waals surface area contributed by atoms with Gasteiger partial charge in [0, 0.05) is 38.2 Å². The lowest BCUT2D eigenvalue weighted by Crippen LogP contribution is -2.50. The van der Waals surface area contributed by atoms with Crippen LogP contribution in [0.25, 0.3) is 0 Å². The minimum absolute atomic E-state index is 0.0307. The first-order chi connectivity index (χ1) is 16.1. The number of hydrogen-bond acceptors (Lipinski definition) is 4. The first kappa shape index (κ1) is 23.1. The van der Waals surface area contributed by atoms with Crippen molar-refractivity contribution >= 4 is 11.8 Å². The molecule has 176 valence electrons. The van der Waals surface area contributed by atoms with Gasteiger partial charge in [0.1, 0.15) is 0 Å². The minimum atomic E-state index is -0.0307. The maximum atomic E-state index is 13.1. The number of nitrogens with zero attached hydrogens (tertiary/aromatic N) is 2. The number of amides is 2. The van der Waals surface area contributed by atoms with Gasteiger partial charge in [0.2, 0.25) is 5.91 Å². The highest BCUT2D eigenvalue weighted by Crippen LogP contribution is 2.32. The maximum absolute atomic E-state index is 13.1. The number of aryl methyl sites for hydroxylation is 1. The second-order valence-corrected chi connectivity index (χ2v) is 8.90. The number of rotatable bonds is 8. The molecule has 0 bridgehead atoms. The van der Waals surface area contributed by atoms with Crippen molar-refractivity contribution < 1.29 is 19.1 Å². The van der Waals surface area contributed by atoms with Gasteiger partial charge in [-0.25, -0.2) is 0 Å². The summed E-state index contributed by atoms with van der Waals surface area (Å²) in [6, 6.07) is 15.7. The number of piperazine rings is 1. The number of methoxy groups -OCH3 is 1. The van der Waals surface area contributed by atoms with E-state index in [-0.39, 0.29) is 17.9 Å².